The third kappa shape index (κ3) is 4.89. The second kappa shape index (κ2) is 9.05. The van der Waals surface area contributed by atoms with Crippen LogP contribution < -0.4 is 5.32 Å². The Bertz CT molecular complexity index is 777. The van der Waals surface area contributed by atoms with Crippen LogP contribution in [-0.4, -0.2) is 35.6 Å². The topological polar surface area (TPSA) is 73.2 Å². The van der Waals surface area contributed by atoms with E-state index in [2.05, 4.69) is 11.4 Å². The van der Waals surface area contributed by atoms with Gasteiger partial charge in [0.25, 0.3) is 0 Å². The molecule has 0 saturated carbocycles. The number of thioether (sulfide) groups is 1. The molecule has 1 N–H and O–H groups in total. The Morgan fingerprint density at radius 3 is 2.52 bits per heavy atom. The highest BCUT2D eigenvalue weighted by Gasteiger charge is 2.30. The van der Waals surface area contributed by atoms with Gasteiger partial charge in [0.05, 0.1) is 22.4 Å². The summed E-state index contributed by atoms with van der Waals surface area (Å²) in [5.41, 5.74) is 1.15. The molecule has 7 heteroatoms. The quantitative estimate of drug-likeness (QED) is 0.860. The number of benzene rings is 1. The number of carbonyl (C=O) groups excluding carboxylic acids is 2. The first-order chi connectivity index (χ1) is 13.1. The molecule has 1 atom stereocenters. The summed E-state index contributed by atoms with van der Waals surface area (Å²) >= 11 is 1.20. The van der Waals surface area contributed by atoms with Gasteiger partial charge in [0.2, 0.25) is 11.8 Å². The van der Waals surface area contributed by atoms with Gasteiger partial charge in [0, 0.05) is 25.4 Å². The Labute approximate surface area is 162 Å². The van der Waals surface area contributed by atoms with Crippen molar-refractivity contribution in [3.8, 4) is 6.07 Å². The molecular formula is C20H22FN3O2S. The van der Waals surface area contributed by atoms with Crippen LogP contribution in [0, 0.1) is 17.1 Å². The lowest BCUT2D eigenvalue weighted by molar-refractivity contribution is -0.128. The Morgan fingerprint density at radius 2 is 1.89 bits per heavy atom. The summed E-state index contributed by atoms with van der Waals surface area (Å²) in [5, 5.41) is 12.8. The zero-order chi connectivity index (χ0) is 19.2. The number of likely N-dealkylation sites (tertiary alicyclic amines) is 1. The van der Waals surface area contributed by atoms with Crippen LogP contribution in [0.25, 0.3) is 0 Å². The number of nitrogens with zero attached hydrogens (tertiary/aromatic N) is 2. The number of nitrogens with one attached hydrogen (secondary N) is 1. The first-order valence-electron chi connectivity index (χ1n) is 9.18. The molecule has 1 aromatic rings. The molecule has 2 amide bonds. The lowest BCUT2D eigenvalue weighted by Crippen LogP contribution is -2.35. The molecule has 2 aliphatic heterocycles. The van der Waals surface area contributed by atoms with Crippen molar-refractivity contribution in [2.75, 3.05) is 18.8 Å². The number of rotatable bonds is 4. The summed E-state index contributed by atoms with van der Waals surface area (Å²) in [6.45, 7) is 1.54. The van der Waals surface area contributed by atoms with Crippen molar-refractivity contribution >= 4 is 23.6 Å². The molecule has 2 aliphatic rings. The van der Waals surface area contributed by atoms with Crippen LogP contribution in [0.5, 0.6) is 0 Å². The molecule has 5 nitrogen and oxygen atoms in total. The highest BCUT2D eigenvalue weighted by Crippen LogP contribution is 2.36. The van der Waals surface area contributed by atoms with Gasteiger partial charge in [0.1, 0.15) is 5.82 Å². The van der Waals surface area contributed by atoms with Gasteiger partial charge in [-0.3, -0.25) is 9.59 Å². The lowest BCUT2D eigenvalue weighted by Gasteiger charge is -2.26. The number of hydrogen-bond acceptors (Lipinski definition) is 4. The van der Waals surface area contributed by atoms with Crippen LogP contribution >= 0.6 is 11.8 Å². The maximum atomic E-state index is 13.2. The van der Waals surface area contributed by atoms with Crippen LogP contribution in [0.3, 0.4) is 0 Å². The van der Waals surface area contributed by atoms with E-state index in [4.69, 9.17) is 0 Å². The predicted octanol–water partition coefficient (Wildman–Crippen LogP) is 3.30. The first kappa shape index (κ1) is 19.4. The fourth-order valence-corrected chi connectivity index (χ4v) is 4.44. The Hall–Kier alpha value is -2.33. The molecule has 0 radical (unpaired) electrons. The molecule has 1 saturated heterocycles. The summed E-state index contributed by atoms with van der Waals surface area (Å²) in [7, 11) is 0. The highest BCUT2D eigenvalue weighted by atomic mass is 32.2. The van der Waals surface area contributed by atoms with E-state index in [1.165, 1.54) is 23.9 Å². The zero-order valence-corrected chi connectivity index (χ0v) is 15.9. The third-order valence-electron chi connectivity index (χ3n) is 4.93. The van der Waals surface area contributed by atoms with Crippen molar-refractivity contribution < 1.29 is 14.0 Å². The maximum Gasteiger partial charge on any atom is 0.232 e. The molecule has 3 rings (SSSR count). The van der Waals surface area contributed by atoms with Gasteiger partial charge in [-0.05, 0) is 30.5 Å². The Balaban J connectivity index is 1.75. The second-order valence-corrected chi connectivity index (χ2v) is 7.78. The number of allylic oxidation sites excluding steroid dienone is 1. The summed E-state index contributed by atoms with van der Waals surface area (Å²) in [4.78, 5) is 26.5. The average molecular weight is 387 g/mol. The Kier molecular flexibility index (Phi) is 6.51. The normalized spacial score (nSPS) is 20.7. The van der Waals surface area contributed by atoms with E-state index in [9.17, 15) is 19.2 Å². The molecule has 0 aromatic heterocycles. The molecule has 2 heterocycles. The van der Waals surface area contributed by atoms with Crippen molar-refractivity contribution in [2.45, 2.75) is 38.0 Å². The molecule has 0 aliphatic carbocycles. The number of carbonyl (C=O) groups is 2. The predicted molar refractivity (Wildman–Crippen MR) is 102 cm³/mol. The molecule has 27 heavy (non-hydrogen) atoms. The SMILES string of the molecule is N#CC1=C(SCC(=O)N2CCCCCC2)NC(=O)C[C@@H]1c1ccc(F)cc1. The lowest BCUT2D eigenvalue weighted by atomic mass is 9.87. The summed E-state index contributed by atoms with van der Waals surface area (Å²) in [5.74, 6) is -0.756. The van der Waals surface area contributed by atoms with E-state index < -0.39 is 5.92 Å². The second-order valence-electron chi connectivity index (χ2n) is 6.79. The first-order valence-corrected chi connectivity index (χ1v) is 10.2. The molecule has 0 unspecified atom stereocenters. The van der Waals surface area contributed by atoms with Crippen LogP contribution in [0.2, 0.25) is 0 Å². The summed E-state index contributed by atoms with van der Waals surface area (Å²) in [6.07, 6.45) is 4.47. The highest BCUT2D eigenvalue weighted by molar-refractivity contribution is 8.03. The van der Waals surface area contributed by atoms with Crippen molar-refractivity contribution in [1.82, 2.24) is 10.2 Å². The van der Waals surface area contributed by atoms with Gasteiger partial charge < -0.3 is 10.2 Å². The third-order valence-corrected chi connectivity index (χ3v) is 5.93. The van der Waals surface area contributed by atoms with E-state index in [1.54, 1.807) is 12.1 Å². The van der Waals surface area contributed by atoms with Crippen molar-refractivity contribution in [1.29, 1.82) is 5.26 Å². The fourth-order valence-electron chi connectivity index (χ4n) is 3.46. The van der Waals surface area contributed by atoms with Crippen molar-refractivity contribution in [3.05, 3.63) is 46.2 Å². The number of amides is 2. The standard InChI is InChI=1S/C20H22FN3O2S/c21-15-7-5-14(6-8-15)16-11-18(25)23-20(17(16)12-22)27-13-19(26)24-9-3-1-2-4-10-24/h5-8,16H,1-4,9-11,13H2,(H,23,25)/t16-/m1/s1. The minimum atomic E-state index is -0.417. The molecule has 1 aromatic carbocycles. The summed E-state index contributed by atoms with van der Waals surface area (Å²) in [6, 6.07) is 8.02. The van der Waals surface area contributed by atoms with E-state index in [1.807, 2.05) is 4.90 Å². The van der Waals surface area contributed by atoms with Gasteiger partial charge in [0.15, 0.2) is 0 Å². The van der Waals surface area contributed by atoms with E-state index in [0.29, 0.717) is 10.6 Å². The molecule has 1 fully saturated rings. The largest absolute Gasteiger partial charge is 0.342 e. The summed E-state index contributed by atoms with van der Waals surface area (Å²) < 4.78 is 13.2. The van der Waals surface area contributed by atoms with Crippen LogP contribution in [-0.2, 0) is 9.59 Å². The minimum Gasteiger partial charge on any atom is -0.342 e. The van der Waals surface area contributed by atoms with E-state index >= 15 is 0 Å². The van der Waals surface area contributed by atoms with Crippen LogP contribution in [0.15, 0.2) is 34.9 Å². The average Bonchev–Trinajstić information content (AvgIpc) is 2.96. The molecule has 0 bridgehead atoms. The van der Waals surface area contributed by atoms with Gasteiger partial charge in [-0.25, -0.2) is 4.39 Å². The Morgan fingerprint density at radius 1 is 1.22 bits per heavy atom. The number of halogens is 1. The zero-order valence-electron chi connectivity index (χ0n) is 15.0. The molecule has 142 valence electrons. The van der Waals surface area contributed by atoms with Gasteiger partial charge in [-0.2, -0.15) is 5.26 Å². The number of hydrogen-bond donors (Lipinski definition) is 1. The van der Waals surface area contributed by atoms with E-state index in [-0.39, 0.29) is 29.8 Å². The van der Waals surface area contributed by atoms with Crippen molar-refractivity contribution in [2.24, 2.45) is 0 Å². The van der Waals surface area contributed by atoms with Crippen LogP contribution in [0.1, 0.15) is 43.6 Å². The van der Waals surface area contributed by atoms with Crippen molar-refractivity contribution in [3.63, 3.8) is 0 Å². The van der Waals surface area contributed by atoms with Gasteiger partial charge in [-0.15, -0.1) is 0 Å². The maximum absolute atomic E-state index is 13.2. The minimum absolute atomic E-state index is 0.0323. The van der Waals surface area contributed by atoms with Gasteiger partial charge in [-0.1, -0.05) is 36.7 Å². The monoisotopic (exact) mass is 387 g/mol. The van der Waals surface area contributed by atoms with Crippen LogP contribution in [0.4, 0.5) is 4.39 Å². The fraction of sp³-hybridized carbons (Fsp3) is 0.450. The molecule has 0 spiro atoms. The van der Waals surface area contributed by atoms with Gasteiger partial charge >= 0.3 is 0 Å². The van der Waals surface area contributed by atoms with E-state index in [0.717, 1.165) is 44.3 Å². The molecular weight excluding hydrogens is 365 g/mol. The number of nitriles is 1. The smallest absolute Gasteiger partial charge is 0.232 e.